The number of hydrogen-bond acceptors (Lipinski definition) is 3. The summed E-state index contributed by atoms with van der Waals surface area (Å²) in [5.41, 5.74) is -1.61. The summed E-state index contributed by atoms with van der Waals surface area (Å²) in [6.07, 6.45) is 9.89. The van der Waals surface area contributed by atoms with E-state index in [0.717, 1.165) is 0 Å². The van der Waals surface area contributed by atoms with Gasteiger partial charge in [-0.25, -0.2) is 0 Å². The first-order valence-corrected chi connectivity index (χ1v) is 7.98. The topological polar surface area (TPSA) is 91.7 Å². The van der Waals surface area contributed by atoms with E-state index >= 15 is 0 Å². The second-order valence-corrected chi connectivity index (χ2v) is 6.91. The van der Waals surface area contributed by atoms with Crippen LogP contribution in [0.4, 0.5) is 0 Å². The standard InChI is InChI=1S/C10H16O4.C6H12.CH2O/c1-9(2)6(7(11)12)4-5-10(9,3)8(13)14;1-2-4-6-5-3-1;1-2/h6H,4-5H2,1-3H3,(H,11,12)(H,13,14);1-6H2;1H2. The molecule has 5 nitrogen and oxygen atoms in total. The molecule has 2 N–H and O–H groups in total. The largest absolute Gasteiger partial charge is 0.481 e. The summed E-state index contributed by atoms with van der Waals surface area (Å²) in [6, 6.07) is 0. The smallest absolute Gasteiger partial charge is 0.309 e. The summed E-state index contributed by atoms with van der Waals surface area (Å²) in [5, 5.41) is 18.1. The van der Waals surface area contributed by atoms with Crippen molar-refractivity contribution in [1.29, 1.82) is 0 Å². The third kappa shape index (κ3) is 4.55. The Balaban J connectivity index is 0.000000457. The lowest BCUT2D eigenvalue weighted by Crippen LogP contribution is -2.42. The lowest BCUT2D eigenvalue weighted by atomic mass is 9.66. The monoisotopic (exact) mass is 314 g/mol. The van der Waals surface area contributed by atoms with Crippen molar-refractivity contribution in [2.45, 2.75) is 72.1 Å². The molecule has 0 aromatic carbocycles. The molecule has 0 aliphatic heterocycles. The summed E-state index contributed by atoms with van der Waals surface area (Å²) in [5.74, 6) is -2.34. The number of aliphatic carboxylic acids is 2. The van der Waals surface area contributed by atoms with Crippen LogP contribution in [0.15, 0.2) is 0 Å². The molecule has 0 amide bonds. The van der Waals surface area contributed by atoms with Crippen LogP contribution in [0.5, 0.6) is 0 Å². The Morgan fingerprint density at radius 1 is 0.909 bits per heavy atom. The molecule has 2 unspecified atom stereocenters. The quantitative estimate of drug-likeness (QED) is 0.809. The molecule has 0 spiro atoms. The Morgan fingerprint density at radius 3 is 1.45 bits per heavy atom. The predicted molar refractivity (Wildman–Crippen MR) is 84.7 cm³/mol. The average Bonchev–Trinajstić information content (AvgIpc) is 2.75. The molecule has 0 aromatic rings. The van der Waals surface area contributed by atoms with E-state index in [1.165, 1.54) is 38.5 Å². The molecule has 2 saturated carbocycles. The molecule has 0 radical (unpaired) electrons. The van der Waals surface area contributed by atoms with Crippen LogP contribution in [0.3, 0.4) is 0 Å². The molecule has 0 bridgehead atoms. The van der Waals surface area contributed by atoms with Crippen LogP contribution in [-0.4, -0.2) is 28.9 Å². The first-order valence-electron chi connectivity index (χ1n) is 7.98. The minimum Gasteiger partial charge on any atom is -0.481 e. The van der Waals surface area contributed by atoms with Gasteiger partial charge in [-0.05, 0) is 25.2 Å². The Morgan fingerprint density at radius 2 is 1.27 bits per heavy atom. The third-order valence-electron chi connectivity index (χ3n) is 5.50. The van der Waals surface area contributed by atoms with Crippen molar-refractivity contribution >= 4 is 18.7 Å². The number of carboxylic acids is 2. The van der Waals surface area contributed by atoms with Crippen molar-refractivity contribution in [2.75, 3.05) is 0 Å². The van der Waals surface area contributed by atoms with Gasteiger partial charge in [-0.15, -0.1) is 0 Å². The highest BCUT2D eigenvalue weighted by molar-refractivity contribution is 5.80. The minimum absolute atomic E-state index is 0.437. The number of rotatable bonds is 2. The third-order valence-corrected chi connectivity index (χ3v) is 5.50. The summed E-state index contributed by atoms with van der Waals surface area (Å²) in [4.78, 5) is 30.0. The lowest BCUT2D eigenvalue weighted by Gasteiger charge is -2.36. The fourth-order valence-corrected chi connectivity index (χ4v) is 3.38. The summed E-state index contributed by atoms with van der Waals surface area (Å²) < 4.78 is 0. The number of hydrogen-bond donors (Lipinski definition) is 2. The van der Waals surface area contributed by atoms with Crippen LogP contribution in [-0.2, 0) is 14.4 Å². The molecular formula is C17H30O5. The van der Waals surface area contributed by atoms with E-state index in [0.29, 0.717) is 12.8 Å². The highest BCUT2D eigenvalue weighted by Gasteiger charge is 2.58. The lowest BCUT2D eigenvalue weighted by molar-refractivity contribution is -0.157. The van der Waals surface area contributed by atoms with E-state index in [9.17, 15) is 9.59 Å². The molecule has 0 saturated heterocycles. The predicted octanol–water partition coefficient (Wildman–Crippen LogP) is 3.75. The molecule has 22 heavy (non-hydrogen) atoms. The zero-order valence-electron chi connectivity index (χ0n) is 14.1. The van der Waals surface area contributed by atoms with Crippen LogP contribution in [0.1, 0.15) is 72.1 Å². The number of carbonyl (C=O) groups is 3. The van der Waals surface area contributed by atoms with Crippen molar-refractivity contribution in [2.24, 2.45) is 16.7 Å². The summed E-state index contributed by atoms with van der Waals surface area (Å²) in [6.45, 7) is 7.10. The van der Waals surface area contributed by atoms with E-state index in [4.69, 9.17) is 15.0 Å². The maximum atomic E-state index is 11.1. The van der Waals surface area contributed by atoms with Gasteiger partial charge in [-0.1, -0.05) is 52.4 Å². The van der Waals surface area contributed by atoms with Crippen molar-refractivity contribution in [3.8, 4) is 0 Å². The van der Waals surface area contributed by atoms with E-state index in [1.807, 2.05) is 6.79 Å². The highest BCUT2D eigenvalue weighted by Crippen LogP contribution is 2.56. The van der Waals surface area contributed by atoms with Crippen molar-refractivity contribution < 1.29 is 24.6 Å². The van der Waals surface area contributed by atoms with Gasteiger partial charge in [0.1, 0.15) is 6.79 Å². The van der Waals surface area contributed by atoms with Crippen LogP contribution in [0.25, 0.3) is 0 Å². The van der Waals surface area contributed by atoms with Gasteiger partial charge in [-0.3, -0.25) is 9.59 Å². The van der Waals surface area contributed by atoms with Crippen LogP contribution < -0.4 is 0 Å². The maximum absolute atomic E-state index is 11.1. The normalized spacial score (nSPS) is 29.3. The van der Waals surface area contributed by atoms with E-state index in [-0.39, 0.29) is 0 Å². The van der Waals surface area contributed by atoms with Crippen molar-refractivity contribution in [3.05, 3.63) is 0 Å². The van der Waals surface area contributed by atoms with Gasteiger partial charge >= 0.3 is 11.9 Å². The van der Waals surface area contributed by atoms with Gasteiger partial charge in [0.2, 0.25) is 0 Å². The molecule has 2 aliphatic carbocycles. The van der Waals surface area contributed by atoms with Crippen LogP contribution in [0, 0.1) is 16.7 Å². The van der Waals surface area contributed by atoms with Crippen molar-refractivity contribution in [1.82, 2.24) is 0 Å². The Kier molecular flexibility index (Phi) is 8.35. The molecule has 5 heteroatoms. The Labute approximate surface area is 133 Å². The molecule has 0 heterocycles. The average molecular weight is 314 g/mol. The first-order chi connectivity index (χ1) is 10.2. The second kappa shape index (κ2) is 8.91. The molecule has 128 valence electrons. The molecule has 0 aromatic heterocycles. The SMILES string of the molecule is C1CCCCC1.C=O.CC1(C(=O)O)CCC(C(=O)O)C1(C)C. The van der Waals surface area contributed by atoms with Gasteiger partial charge in [0.25, 0.3) is 0 Å². The Hall–Kier alpha value is -1.39. The Bertz CT molecular complexity index is 362. The van der Waals surface area contributed by atoms with Gasteiger partial charge in [0.05, 0.1) is 11.3 Å². The summed E-state index contributed by atoms with van der Waals surface area (Å²) >= 11 is 0. The van der Waals surface area contributed by atoms with E-state index in [2.05, 4.69) is 0 Å². The fourth-order valence-electron chi connectivity index (χ4n) is 3.38. The minimum atomic E-state index is -0.921. The molecule has 2 rings (SSSR count). The van der Waals surface area contributed by atoms with Gasteiger partial charge < -0.3 is 15.0 Å². The zero-order valence-corrected chi connectivity index (χ0v) is 14.1. The van der Waals surface area contributed by atoms with Crippen LogP contribution >= 0.6 is 0 Å². The zero-order chi connectivity index (χ0) is 17.4. The van der Waals surface area contributed by atoms with Gasteiger partial charge in [0.15, 0.2) is 0 Å². The number of carboxylic acid groups (broad SMARTS) is 2. The first kappa shape index (κ1) is 20.6. The van der Waals surface area contributed by atoms with Gasteiger partial charge in [0, 0.05) is 0 Å². The highest BCUT2D eigenvalue weighted by atomic mass is 16.4. The second-order valence-electron chi connectivity index (χ2n) is 6.91. The number of carbonyl (C=O) groups excluding carboxylic acids is 1. The van der Waals surface area contributed by atoms with E-state index in [1.54, 1.807) is 20.8 Å². The molecular weight excluding hydrogens is 284 g/mol. The summed E-state index contributed by atoms with van der Waals surface area (Å²) in [7, 11) is 0. The van der Waals surface area contributed by atoms with Gasteiger partial charge in [-0.2, -0.15) is 0 Å². The van der Waals surface area contributed by atoms with Crippen LogP contribution in [0.2, 0.25) is 0 Å². The molecule has 2 atom stereocenters. The van der Waals surface area contributed by atoms with E-state index < -0.39 is 28.7 Å². The fraction of sp³-hybridized carbons (Fsp3) is 0.824. The maximum Gasteiger partial charge on any atom is 0.309 e. The van der Waals surface area contributed by atoms with Crippen molar-refractivity contribution in [3.63, 3.8) is 0 Å². The molecule has 2 aliphatic rings. The molecule has 2 fully saturated rings.